The molecule has 0 aromatic rings. The minimum absolute atomic E-state index is 0.00693. The lowest BCUT2D eigenvalue weighted by atomic mass is 10.0. The van der Waals surface area contributed by atoms with E-state index in [2.05, 4.69) is 13.8 Å². The Balaban J connectivity index is 3.34. The second kappa shape index (κ2) is 14.9. The van der Waals surface area contributed by atoms with Crippen LogP contribution in [0.25, 0.3) is 0 Å². The summed E-state index contributed by atoms with van der Waals surface area (Å²) in [5, 5.41) is 0. The average Bonchev–Trinajstić information content (AvgIpc) is 2.46. The van der Waals surface area contributed by atoms with Crippen LogP contribution in [-0.2, 0) is 9.53 Å². The molecule has 2 heteroatoms. The molecular formula is C18H36O2. The molecule has 0 heterocycles. The molecule has 2 nitrogen and oxygen atoms in total. The highest BCUT2D eigenvalue weighted by Gasteiger charge is 2.13. The highest BCUT2D eigenvalue weighted by Crippen LogP contribution is 2.12. The molecule has 0 amide bonds. The molecule has 0 radical (unpaired) electrons. The zero-order chi connectivity index (χ0) is 15.1. The number of rotatable bonds is 14. The van der Waals surface area contributed by atoms with E-state index < -0.39 is 0 Å². The van der Waals surface area contributed by atoms with E-state index in [9.17, 15) is 4.79 Å². The van der Waals surface area contributed by atoms with Crippen LogP contribution in [0.2, 0.25) is 0 Å². The van der Waals surface area contributed by atoms with Crippen molar-refractivity contribution < 1.29 is 9.53 Å². The van der Waals surface area contributed by atoms with Crippen LogP contribution in [0.5, 0.6) is 0 Å². The molecule has 0 spiro atoms. The molecule has 0 aliphatic rings. The van der Waals surface area contributed by atoms with Crippen LogP contribution in [0.15, 0.2) is 0 Å². The van der Waals surface area contributed by atoms with Gasteiger partial charge in [0.25, 0.3) is 0 Å². The highest BCUT2D eigenvalue weighted by molar-refractivity contribution is 5.71. The van der Waals surface area contributed by atoms with Crippen LogP contribution in [0.3, 0.4) is 0 Å². The molecule has 0 rings (SSSR count). The molecule has 0 fully saturated rings. The van der Waals surface area contributed by atoms with Crippen molar-refractivity contribution in [2.24, 2.45) is 5.92 Å². The minimum Gasteiger partial charge on any atom is -0.465 e. The summed E-state index contributed by atoms with van der Waals surface area (Å²) >= 11 is 0. The summed E-state index contributed by atoms with van der Waals surface area (Å²) in [6.07, 6.45) is 14.7. The fourth-order valence-corrected chi connectivity index (χ4v) is 2.37. The zero-order valence-electron chi connectivity index (χ0n) is 14.1. The lowest BCUT2D eigenvalue weighted by Crippen LogP contribution is -2.15. The van der Waals surface area contributed by atoms with Crippen molar-refractivity contribution >= 4 is 5.97 Å². The van der Waals surface area contributed by atoms with Gasteiger partial charge in [0.2, 0.25) is 0 Å². The number of esters is 1. The Morgan fingerprint density at radius 3 is 1.90 bits per heavy atom. The molecule has 0 aromatic carbocycles. The first-order chi connectivity index (χ1) is 9.72. The summed E-state index contributed by atoms with van der Waals surface area (Å²) in [4.78, 5) is 11.8. The molecule has 0 aliphatic carbocycles. The fourth-order valence-electron chi connectivity index (χ4n) is 2.37. The molecule has 1 unspecified atom stereocenters. The third kappa shape index (κ3) is 12.5. The van der Waals surface area contributed by atoms with Crippen LogP contribution >= 0.6 is 0 Å². The van der Waals surface area contributed by atoms with Gasteiger partial charge in [-0.2, -0.15) is 0 Å². The van der Waals surface area contributed by atoms with Crippen LogP contribution in [-0.4, -0.2) is 12.6 Å². The average molecular weight is 284 g/mol. The summed E-state index contributed by atoms with van der Waals surface area (Å²) in [5.41, 5.74) is 0. The van der Waals surface area contributed by atoms with Crippen LogP contribution in [0.4, 0.5) is 0 Å². The first-order valence-corrected chi connectivity index (χ1v) is 8.89. The Bertz CT molecular complexity index is 213. The fraction of sp³-hybridized carbons (Fsp3) is 0.944. The predicted octanol–water partition coefficient (Wildman–Crippen LogP) is 5.89. The second-order valence-corrected chi connectivity index (χ2v) is 6.04. The van der Waals surface area contributed by atoms with Gasteiger partial charge in [-0.25, -0.2) is 0 Å². The molecule has 0 saturated heterocycles. The van der Waals surface area contributed by atoms with Crippen LogP contribution < -0.4 is 0 Å². The largest absolute Gasteiger partial charge is 0.465 e. The smallest absolute Gasteiger partial charge is 0.308 e. The van der Waals surface area contributed by atoms with Crippen molar-refractivity contribution in [2.75, 3.05) is 6.61 Å². The summed E-state index contributed by atoms with van der Waals surface area (Å²) in [6, 6.07) is 0. The van der Waals surface area contributed by atoms with Crippen molar-refractivity contribution in [3.8, 4) is 0 Å². The maximum absolute atomic E-state index is 11.8. The van der Waals surface area contributed by atoms with Crippen molar-refractivity contribution in [3.05, 3.63) is 0 Å². The third-order valence-electron chi connectivity index (χ3n) is 3.89. The lowest BCUT2D eigenvalue weighted by molar-refractivity contribution is -0.148. The third-order valence-corrected chi connectivity index (χ3v) is 3.89. The lowest BCUT2D eigenvalue weighted by Gasteiger charge is -2.11. The topological polar surface area (TPSA) is 26.3 Å². The number of hydrogen-bond donors (Lipinski definition) is 0. The summed E-state index contributed by atoms with van der Waals surface area (Å²) in [7, 11) is 0. The van der Waals surface area contributed by atoms with Gasteiger partial charge >= 0.3 is 5.97 Å². The SMILES string of the molecule is CCCCCCCCCOC(=O)C(C)CCCCCC. The van der Waals surface area contributed by atoms with E-state index in [1.54, 1.807) is 0 Å². The number of hydrogen-bond acceptors (Lipinski definition) is 2. The Morgan fingerprint density at radius 1 is 0.800 bits per heavy atom. The second-order valence-electron chi connectivity index (χ2n) is 6.04. The Hall–Kier alpha value is -0.530. The standard InChI is InChI=1S/C18H36O2/c1-4-6-8-10-11-12-14-16-20-18(19)17(3)15-13-9-7-5-2/h17H,4-16H2,1-3H3. The van der Waals surface area contributed by atoms with E-state index in [-0.39, 0.29) is 11.9 Å². The first-order valence-electron chi connectivity index (χ1n) is 8.89. The van der Waals surface area contributed by atoms with Gasteiger partial charge in [-0.05, 0) is 12.8 Å². The Labute approximate surface area is 126 Å². The van der Waals surface area contributed by atoms with Crippen LogP contribution in [0.1, 0.15) is 97.8 Å². The van der Waals surface area contributed by atoms with Crippen molar-refractivity contribution in [3.63, 3.8) is 0 Å². The van der Waals surface area contributed by atoms with Gasteiger partial charge in [-0.15, -0.1) is 0 Å². The van der Waals surface area contributed by atoms with E-state index in [1.165, 1.54) is 57.8 Å². The molecule has 1 atom stereocenters. The highest BCUT2D eigenvalue weighted by atomic mass is 16.5. The predicted molar refractivity (Wildman–Crippen MR) is 86.9 cm³/mol. The van der Waals surface area contributed by atoms with Crippen LogP contribution in [0, 0.1) is 5.92 Å². The zero-order valence-corrected chi connectivity index (χ0v) is 14.1. The monoisotopic (exact) mass is 284 g/mol. The molecular weight excluding hydrogens is 248 g/mol. The van der Waals surface area contributed by atoms with Crippen molar-refractivity contribution in [1.82, 2.24) is 0 Å². The summed E-state index contributed by atoms with van der Waals surface area (Å²) in [6.45, 7) is 7.06. The molecule has 0 saturated carbocycles. The minimum atomic E-state index is 0.00693. The van der Waals surface area contributed by atoms with Gasteiger partial charge in [0.15, 0.2) is 0 Å². The van der Waals surface area contributed by atoms with Gasteiger partial charge in [-0.1, -0.05) is 85.0 Å². The van der Waals surface area contributed by atoms with Crippen molar-refractivity contribution in [1.29, 1.82) is 0 Å². The molecule has 0 N–H and O–H groups in total. The van der Waals surface area contributed by atoms with Gasteiger partial charge in [-0.3, -0.25) is 4.79 Å². The van der Waals surface area contributed by atoms with Crippen molar-refractivity contribution in [2.45, 2.75) is 97.8 Å². The van der Waals surface area contributed by atoms with Gasteiger partial charge in [0.1, 0.15) is 0 Å². The number of unbranched alkanes of at least 4 members (excludes halogenated alkanes) is 9. The maximum atomic E-state index is 11.8. The summed E-state index contributed by atoms with van der Waals surface area (Å²) < 4.78 is 5.35. The maximum Gasteiger partial charge on any atom is 0.308 e. The quantitative estimate of drug-likeness (QED) is 0.294. The Kier molecular flexibility index (Phi) is 14.5. The van der Waals surface area contributed by atoms with E-state index in [0.29, 0.717) is 6.61 Å². The van der Waals surface area contributed by atoms with E-state index in [1.807, 2.05) is 6.92 Å². The number of ether oxygens (including phenoxy) is 1. The van der Waals surface area contributed by atoms with E-state index in [4.69, 9.17) is 4.74 Å². The molecule has 20 heavy (non-hydrogen) atoms. The Morgan fingerprint density at radius 2 is 1.30 bits per heavy atom. The summed E-state index contributed by atoms with van der Waals surface area (Å²) in [5.74, 6) is 0.0869. The van der Waals surface area contributed by atoms with Gasteiger partial charge in [0, 0.05) is 0 Å². The number of carbonyl (C=O) groups excluding carboxylic acids is 1. The first kappa shape index (κ1) is 19.5. The van der Waals surface area contributed by atoms with Gasteiger partial charge in [0.05, 0.1) is 12.5 Å². The van der Waals surface area contributed by atoms with E-state index >= 15 is 0 Å². The number of carbonyl (C=O) groups is 1. The molecule has 120 valence electrons. The van der Waals surface area contributed by atoms with E-state index in [0.717, 1.165) is 19.3 Å². The van der Waals surface area contributed by atoms with Gasteiger partial charge < -0.3 is 4.74 Å². The normalized spacial score (nSPS) is 12.3. The molecule has 0 bridgehead atoms. The molecule has 0 aliphatic heterocycles. The molecule has 0 aromatic heterocycles.